The molecule has 2 rings (SSSR count). The minimum atomic E-state index is -0.315. The first-order valence-electron chi connectivity index (χ1n) is 6.76. The molecule has 8 heteroatoms. The maximum Gasteiger partial charge on any atom is 0.193 e. The number of aliphatic imine (C=N–C) groups is 1. The summed E-state index contributed by atoms with van der Waals surface area (Å²) in [5.74, 6) is 1.11. The van der Waals surface area contributed by atoms with E-state index in [1.807, 2.05) is 0 Å². The van der Waals surface area contributed by atoms with Crippen molar-refractivity contribution in [2.75, 3.05) is 19.5 Å². The highest BCUT2D eigenvalue weighted by Crippen LogP contribution is 2.29. The summed E-state index contributed by atoms with van der Waals surface area (Å²) in [6, 6.07) is 9.73. The molecule has 0 amide bonds. The number of rotatable bonds is 5. The quantitative estimate of drug-likeness (QED) is 0.361. The summed E-state index contributed by atoms with van der Waals surface area (Å²) in [4.78, 5) is 4.20. The van der Waals surface area contributed by atoms with Crippen LogP contribution >= 0.6 is 39.9 Å². The number of hydrogen-bond donors (Lipinski definition) is 2. The molecule has 130 valence electrons. The van der Waals surface area contributed by atoms with Gasteiger partial charge in [0.25, 0.3) is 0 Å². The van der Waals surface area contributed by atoms with E-state index in [1.165, 1.54) is 12.1 Å². The molecule has 0 saturated carbocycles. The van der Waals surface area contributed by atoms with Crippen molar-refractivity contribution in [1.82, 2.24) is 0 Å². The van der Waals surface area contributed by atoms with Crippen molar-refractivity contribution < 1.29 is 13.9 Å². The van der Waals surface area contributed by atoms with Gasteiger partial charge in [-0.25, -0.2) is 9.38 Å². The average Bonchev–Trinajstić information content (AvgIpc) is 2.55. The SMILES string of the molecule is COc1ccc(NC(N)=NCc2cc(F)ccc2Br)cc1OC.I. The minimum absolute atomic E-state index is 0. The molecule has 0 bridgehead atoms. The number of methoxy groups -OCH3 is 2. The topological polar surface area (TPSA) is 68.9 Å². The Bertz CT molecular complexity index is 728. The first-order valence-corrected chi connectivity index (χ1v) is 7.55. The monoisotopic (exact) mass is 509 g/mol. The Balaban J connectivity index is 0.00000288. The van der Waals surface area contributed by atoms with Crippen molar-refractivity contribution >= 4 is 51.6 Å². The van der Waals surface area contributed by atoms with E-state index < -0.39 is 0 Å². The normalized spacial score (nSPS) is 10.8. The third-order valence-corrected chi connectivity index (χ3v) is 3.86. The summed E-state index contributed by atoms with van der Waals surface area (Å²) < 4.78 is 24.4. The molecule has 2 aromatic carbocycles. The van der Waals surface area contributed by atoms with Crippen LogP contribution in [-0.4, -0.2) is 20.2 Å². The van der Waals surface area contributed by atoms with Crippen molar-refractivity contribution in [3.8, 4) is 11.5 Å². The lowest BCUT2D eigenvalue weighted by molar-refractivity contribution is 0.355. The van der Waals surface area contributed by atoms with E-state index in [2.05, 4.69) is 26.2 Å². The highest BCUT2D eigenvalue weighted by atomic mass is 127. The molecule has 0 radical (unpaired) electrons. The fraction of sp³-hybridized carbons (Fsp3) is 0.188. The van der Waals surface area contributed by atoms with Gasteiger partial charge in [-0.1, -0.05) is 15.9 Å². The largest absolute Gasteiger partial charge is 0.493 e. The van der Waals surface area contributed by atoms with Gasteiger partial charge in [0, 0.05) is 16.2 Å². The summed E-state index contributed by atoms with van der Waals surface area (Å²) in [6.07, 6.45) is 0. The number of nitrogens with zero attached hydrogens (tertiary/aromatic N) is 1. The van der Waals surface area contributed by atoms with Crippen LogP contribution < -0.4 is 20.5 Å². The van der Waals surface area contributed by atoms with E-state index in [-0.39, 0.29) is 42.3 Å². The summed E-state index contributed by atoms with van der Waals surface area (Å²) in [7, 11) is 3.12. The average molecular weight is 510 g/mol. The molecule has 0 aliphatic carbocycles. The number of ether oxygens (including phenoxy) is 2. The van der Waals surface area contributed by atoms with Gasteiger partial charge in [0.15, 0.2) is 17.5 Å². The molecule has 0 aliphatic rings. The Morgan fingerprint density at radius 3 is 2.54 bits per heavy atom. The van der Waals surface area contributed by atoms with Crippen LogP contribution in [-0.2, 0) is 6.54 Å². The number of anilines is 1. The molecule has 0 spiro atoms. The molecule has 0 aromatic heterocycles. The molecule has 0 unspecified atom stereocenters. The van der Waals surface area contributed by atoms with Crippen LogP contribution in [0.15, 0.2) is 45.9 Å². The summed E-state index contributed by atoms with van der Waals surface area (Å²) in [5, 5.41) is 2.96. The van der Waals surface area contributed by atoms with Crippen LogP contribution in [0.5, 0.6) is 11.5 Å². The molecular formula is C16H18BrFIN3O2. The van der Waals surface area contributed by atoms with Gasteiger partial charge in [0.2, 0.25) is 0 Å². The zero-order valence-electron chi connectivity index (χ0n) is 13.2. The Labute approximate surface area is 165 Å². The molecule has 24 heavy (non-hydrogen) atoms. The second-order valence-electron chi connectivity index (χ2n) is 4.63. The van der Waals surface area contributed by atoms with Crippen LogP contribution in [0.2, 0.25) is 0 Å². The van der Waals surface area contributed by atoms with E-state index in [0.717, 1.165) is 4.47 Å². The molecule has 5 nitrogen and oxygen atoms in total. The summed E-state index contributed by atoms with van der Waals surface area (Å²) in [6.45, 7) is 0.254. The second kappa shape index (κ2) is 9.67. The van der Waals surface area contributed by atoms with Gasteiger partial charge in [-0.2, -0.15) is 0 Å². The predicted molar refractivity (Wildman–Crippen MR) is 108 cm³/mol. The van der Waals surface area contributed by atoms with E-state index in [4.69, 9.17) is 15.2 Å². The molecule has 3 N–H and O–H groups in total. The fourth-order valence-electron chi connectivity index (χ4n) is 1.94. The number of hydrogen-bond acceptors (Lipinski definition) is 3. The first-order chi connectivity index (χ1) is 11.0. The van der Waals surface area contributed by atoms with Crippen molar-refractivity contribution in [3.05, 3.63) is 52.3 Å². The predicted octanol–water partition coefficient (Wildman–Crippen LogP) is 4.15. The van der Waals surface area contributed by atoms with Crippen LogP contribution in [0.4, 0.5) is 10.1 Å². The van der Waals surface area contributed by atoms with Crippen molar-refractivity contribution in [2.45, 2.75) is 6.54 Å². The third kappa shape index (κ3) is 5.52. The maximum atomic E-state index is 13.2. The Kier molecular flexibility index (Phi) is 8.26. The number of halogens is 3. The maximum absolute atomic E-state index is 13.2. The zero-order chi connectivity index (χ0) is 16.8. The molecule has 0 atom stereocenters. The Morgan fingerprint density at radius 1 is 1.17 bits per heavy atom. The van der Waals surface area contributed by atoms with E-state index in [1.54, 1.807) is 38.5 Å². The molecular weight excluding hydrogens is 492 g/mol. The summed E-state index contributed by atoms with van der Waals surface area (Å²) >= 11 is 3.35. The lowest BCUT2D eigenvalue weighted by atomic mass is 10.2. The van der Waals surface area contributed by atoms with E-state index in [9.17, 15) is 4.39 Å². The second-order valence-corrected chi connectivity index (χ2v) is 5.49. The molecule has 0 saturated heterocycles. The van der Waals surface area contributed by atoms with Gasteiger partial charge in [0.05, 0.1) is 20.8 Å². The highest BCUT2D eigenvalue weighted by molar-refractivity contribution is 14.0. The number of benzene rings is 2. The third-order valence-electron chi connectivity index (χ3n) is 3.08. The van der Waals surface area contributed by atoms with Crippen LogP contribution in [0.25, 0.3) is 0 Å². The number of guanidine groups is 1. The minimum Gasteiger partial charge on any atom is -0.493 e. The van der Waals surface area contributed by atoms with E-state index >= 15 is 0 Å². The van der Waals surface area contributed by atoms with Gasteiger partial charge in [0.1, 0.15) is 5.82 Å². The first kappa shape index (κ1) is 20.5. The van der Waals surface area contributed by atoms with Crippen LogP contribution in [0.1, 0.15) is 5.56 Å². The smallest absolute Gasteiger partial charge is 0.193 e. The Hall–Kier alpha value is -1.55. The summed E-state index contributed by atoms with van der Waals surface area (Å²) in [5.41, 5.74) is 7.28. The van der Waals surface area contributed by atoms with Gasteiger partial charge in [-0.05, 0) is 35.9 Å². The van der Waals surface area contributed by atoms with Crippen molar-refractivity contribution in [2.24, 2.45) is 10.7 Å². The number of nitrogens with one attached hydrogen (secondary N) is 1. The van der Waals surface area contributed by atoms with Gasteiger partial charge in [-0.3, -0.25) is 0 Å². The zero-order valence-corrected chi connectivity index (χ0v) is 17.1. The van der Waals surface area contributed by atoms with Gasteiger partial charge in [-0.15, -0.1) is 24.0 Å². The van der Waals surface area contributed by atoms with Crippen LogP contribution in [0.3, 0.4) is 0 Å². The van der Waals surface area contributed by atoms with Gasteiger partial charge >= 0.3 is 0 Å². The highest BCUT2D eigenvalue weighted by Gasteiger charge is 2.06. The number of nitrogens with two attached hydrogens (primary N) is 1. The molecule has 0 fully saturated rings. The lowest BCUT2D eigenvalue weighted by Gasteiger charge is -2.11. The molecule has 0 aliphatic heterocycles. The van der Waals surface area contributed by atoms with E-state index in [0.29, 0.717) is 22.7 Å². The standard InChI is InChI=1S/C16H17BrFN3O2.HI/c1-22-14-6-4-12(8-15(14)23-2)21-16(19)20-9-10-7-11(18)3-5-13(10)17;/h3-8H,9H2,1-2H3,(H3,19,20,21);1H. The van der Waals surface area contributed by atoms with Crippen molar-refractivity contribution in [3.63, 3.8) is 0 Å². The van der Waals surface area contributed by atoms with Crippen LogP contribution in [0, 0.1) is 5.82 Å². The van der Waals surface area contributed by atoms with Crippen molar-refractivity contribution in [1.29, 1.82) is 0 Å². The fourth-order valence-corrected chi connectivity index (χ4v) is 2.31. The Morgan fingerprint density at radius 2 is 1.88 bits per heavy atom. The molecule has 0 heterocycles. The lowest BCUT2D eigenvalue weighted by Crippen LogP contribution is -2.22. The molecule has 2 aromatic rings. The van der Waals surface area contributed by atoms with Gasteiger partial charge < -0.3 is 20.5 Å².